The van der Waals surface area contributed by atoms with E-state index in [1.165, 1.54) is 6.42 Å². The van der Waals surface area contributed by atoms with Crippen LogP contribution < -0.4 is 0 Å². The molecule has 0 bridgehead atoms. The van der Waals surface area contributed by atoms with E-state index in [4.69, 9.17) is 5.10 Å². The van der Waals surface area contributed by atoms with E-state index in [9.17, 15) is 5.26 Å². The first-order valence-electron chi connectivity index (χ1n) is 7.92. The molecule has 1 aliphatic carbocycles. The highest BCUT2D eigenvalue weighted by molar-refractivity contribution is 9.10. The lowest BCUT2D eigenvalue weighted by Gasteiger charge is -2.41. The third-order valence-electron chi connectivity index (χ3n) is 5.55. The van der Waals surface area contributed by atoms with Crippen LogP contribution in [0.5, 0.6) is 0 Å². The Balaban J connectivity index is 2.34. The Morgan fingerprint density at radius 3 is 2.52 bits per heavy atom. The molecule has 3 nitrogen and oxygen atoms in total. The zero-order valence-corrected chi connectivity index (χ0v) is 15.4. The highest BCUT2D eigenvalue weighted by Gasteiger charge is 2.39. The van der Waals surface area contributed by atoms with Crippen LogP contribution in [0.2, 0.25) is 0 Å². The second-order valence-electron chi connectivity index (χ2n) is 7.08. The van der Waals surface area contributed by atoms with Crippen LogP contribution in [-0.2, 0) is 0 Å². The van der Waals surface area contributed by atoms with Gasteiger partial charge in [-0.25, -0.2) is 0 Å². The summed E-state index contributed by atoms with van der Waals surface area (Å²) in [5.74, 6) is 0.749. The molecule has 0 saturated heterocycles. The van der Waals surface area contributed by atoms with Crippen molar-refractivity contribution in [3.05, 3.63) is 15.9 Å². The summed E-state index contributed by atoms with van der Waals surface area (Å²) in [6.07, 6.45) is 4.40. The third-order valence-corrected chi connectivity index (χ3v) is 6.70. The summed E-state index contributed by atoms with van der Waals surface area (Å²) in [4.78, 5) is 0. The number of nitriles is 1. The number of halogens is 1. The number of hydrogen-bond acceptors (Lipinski definition) is 2. The minimum atomic E-state index is 0.0822. The molecule has 1 aromatic heterocycles. The monoisotopic (exact) mass is 351 g/mol. The zero-order valence-electron chi connectivity index (χ0n) is 13.8. The van der Waals surface area contributed by atoms with Crippen molar-refractivity contribution in [1.82, 2.24) is 9.78 Å². The Labute approximate surface area is 136 Å². The lowest BCUT2D eigenvalue weighted by molar-refractivity contribution is 0.0982. The molecule has 0 radical (unpaired) electrons. The molecule has 0 aliphatic heterocycles. The molecule has 2 rings (SSSR count). The molecule has 0 aromatic carbocycles. The summed E-state index contributed by atoms with van der Waals surface area (Å²) < 4.78 is 3.18. The van der Waals surface area contributed by atoms with Crippen LogP contribution in [-0.4, -0.2) is 9.78 Å². The fourth-order valence-corrected chi connectivity index (χ4v) is 3.79. The Morgan fingerprint density at radius 2 is 2.05 bits per heavy atom. The van der Waals surface area contributed by atoms with E-state index in [1.807, 2.05) is 6.92 Å². The van der Waals surface area contributed by atoms with Gasteiger partial charge in [0.05, 0.1) is 33.9 Å². The summed E-state index contributed by atoms with van der Waals surface area (Å²) in [5, 5.41) is 14.2. The van der Waals surface area contributed by atoms with Gasteiger partial charge in [-0.05, 0) is 60.4 Å². The molecular weight excluding hydrogens is 326 g/mol. The first kappa shape index (κ1) is 16.5. The van der Waals surface area contributed by atoms with Gasteiger partial charge in [-0.1, -0.05) is 27.2 Å². The summed E-state index contributed by atoms with van der Waals surface area (Å²) >= 11 is 3.61. The number of rotatable bonds is 3. The van der Waals surface area contributed by atoms with Gasteiger partial charge in [0.2, 0.25) is 0 Å². The molecule has 3 unspecified atom stereocenters. The number of aromatic nitrogens is 2. The van der Waals surface area contributed by atoms with Crippen molar-refractivity contribution in [2.24, 2.45) is 17.3 Å². The fourth-order valence-electron chi connectivity index (χ4n) is 3.53. The summed E-state index contributed by atoms with van der Waals surface area (Å²) in [5.41, 5.74) is 2.50. The predicted molar refractivity (Wildman–Crippen MR) is 89.0 cm³/mol. The van der Waals surface area contributed by atoms with Gasteiger partial charge in [0, 0.05) is 0 Å². The van der Waals surface area contributed by atoms with E-state index in [0.29, 0.717) is 11.3 Å². The highest BCUT2D eigenvalue weighted by atomic mass is 79.9. The lowest BCUT2D eigenvalue weighted by Crippen LogP contribution is -2.34. The number of hydrogen-bond donors (Lipinski definition) is 0. The standard InChI is InChI=1S/C17H26BrN3/c1-6-17(4,5)14-8-7-13(10-19)15(9-14)21-12(3)16(18)11(2)20-21/h13-15H,6-9H2,1-5H3. The maximum Gasteiger partial charge on any atom is 0.0738 e. The van der Waals surface area contributed by atoms with E-state index in [1.54, 1.807) is 0 Å². The van der Waals surface area contributed by atoms with Gasteiger partial charge in [-0.2, -0.15) is 10.4 Å². The van der Waals surface area contributed by atoms with E-state index in [2.05, 4.69) is 54.4 Å². The van der Waals surface area contributed by atoms with Crippen molar-refractivity contribution >= 4 is 15.9 Å². The molecule has 0 spiro atoms. The van der Waals surface area contributed by atoms with Crippen molar-refractivity contribution < 1.29 is 0 Å². The van der Waals surface area contributed by atoms with Gasteiger partial charge >= 0.3 is 0 Å². The first-order valence-corrected chi connectivity index (χ1v) is 8.72. The topological polar surface area (TPSA) is 41.6 Å². The molecule has 116 valence electrons. The second-order valence-corrected chi connectivity index (χ2v) is 7.88. The van der Waals surface area contributed by atoms with Crippen LogP contribution in [0.25, 0.3) is 0 Å². The quantitative estimate of drug-likeness (QED) is 0.752. The van der Waals surface area contributed by atoms with E-state index in [0.717, 1.165) is 35.1 Å². The average molecular weight is 352 g/mol. The zero-order chi connectivity index (χ0) is 15.8. The summed E-state index contributed by atoms with van der Waals surface area (Å²) in [6, 6.07) is 2.73. The Kier molecular flexibility index (Phi) is 4.82. The van der Waals surface area contributed by atoms with E-state index < -0.39 is 0 Å². The van der Waals surface area contributed by atoms with Crippen molar-refractivity contribution in [1.29, 1.82) is 5.26 Å². The normalized spacial score (nSPS) is 26.6. The number of aryl methyl sites for hydroxylation is 1. The van der Waals surface area contributed by atoms with Gasteiger partial charge < -0.3 is 0 Å². The van der Waals surface area contributed by atoms with Crippen molar-refractivity contribution in [2.75, 3.05) is 0 Å². The molecule has 1 saturated carbocycles. The van der Waals surface area contributed by atoms with Gasteiger partial charge in [-0.3, -0.25) is 4.68 Å². The highest BCUT2D eigenvalue weighted by Crippen LogP contribution is 2.46. The van der Waals surface area contributed by atoms with Crippen LogP contribution in [0.15, 0.2) is 4.47 Å². The molecule has 4 heteroatoms. The van der Waals surface area contributed by atoms with Crippen LogP contribution in [0.1, 0.15) is 63.9 Å². The molecule has 21 heavy (non-hydrogen) atoms. The van der Waals surface area contributed by atoms with E-state index in [-0.39, 0.29) is 12.0 Å². The second kappa shape index (κ2) is 6.12. The van der Waals surface area contributed by atoms with Crippen LogP contribution >= 0.6 is 15.9 Å². The molecule has 1 heterocycles. The Morgan fingerprint density at radius 1 is 1.38 bits per heavy atom. The van der Waals surface area contributed by atoms with Gasteiger partial charge in [-0.15, -0.1) is 0 Å². The smallest absolute Gasteiger partial charge is 0.0738 e. The summed E-state index contributed by atoms with van der Waals surface area (Å²) in [6.45, 7) is 11.1. The molecule has 0 N–H and O–H groups in total. The van der Waals surface area contributed by atoms with E-state index >= 15 is 0 Å². The predicted octanol–water partition coefficient (Wildman–Crippen LogP) is 5.18. The lowest BCUT2D eigenvalue weighted by atomic mass is 9.66. The van der Waals surface area contributed by atoms with Gasteiger partial charge in [0.1, 0.15) is 0 Å². The van der Waals surface area contributed by atoms with Crippen LogP contribution in [0.4, 0.5) is 0 Å². The molecule has 1 aromatic rings. The van der Waals surface area contributed by atoms with Crippen molar-refractivity contribution in [3.63, 3.8) is 0 Å². The van der Waals surface area contributed by atoms with Gasteiger partial charge in [0.25, 0.3) is 0 Å². The maximum absolute atomic E-state index is 9.53. The third kappa shape index (κ3) is 3.04. The Hall–Kier alpha value is -0.820. The first-order chi connectivity index (χ1) is 9.81. The minimum absolute atomic E-state index is 0.0822. The fraction of sp³-hybridized carbons (Fsp3) is 0.765. The minimum Gasteiger partial charge on any atom is -0.264 e. The summed E-state index contributed by atoms with van der Waals surface area (Å²) in [7, 11) is 0. The average Bonchev–Trinajstić information content (AvgIpc) is 2.74. The molecule has 1 aliphatic rings. The largest absolute Gasteiger partial charge is 0.264 e. The number of nitrogens with zero attached hydrogens (tertiary/aromatic N) is 3. The van der Waals surface area contributed by atoms with Crippen LogP contribution in [0, 0.1) is 42.4 Å². The maximum atomic E-state index is 9.53. The van der Waals surface area contributed by atoms with Crippen LogP contribution in [0.3, 0.4) is 0 Å². The van der Waals surface area contributed by atoms with Gasteiger partial charge in [0.15, 0.2) is 0 Å². The Bertz CT molecular complexity index is 553. The molecule has 0 amide bonds. The van der Waals surface area contributed by atoms with Crippen molar-refractivity contribution in [3.8, 4) is 6.07 Å². The SMILES string of the molecule is CCC(C)(C)C1CCC(C#N)C(n2nc(C)c(Br)c2C)C1. The molecule has 1 fully saturated rings. The van der Waals surface area contributed by atoms with Crippen molar-refractivity contribution in [2.45, 2.75) is 66.3 Å². The molecular formula is C17H26BrN3. The molecule has 3 atom stereocenters.